The zero-order chi connectivity index (χ0) is 14.9. The zero-order valence-electron chi connectivity index (χ0n) is 12.1. The Morgan fingerprint density at radius 2 is 2.24 bits per heavy atom. The van der Waals surface area contributed by atoms with Crippen molar-refractivity contribution < 1.29 is 9.53 Å². The maximum Gasteiger partial charge on any atom is 0.407 e. The number of piperidine rings is 1. The summed E-state index contributed by atoms with van der Waals surface area (Å²) in [5, 5.41) is 11.5. The molecule has 0 spiro atoms. The molecule has 112 valence electrons. The number of carbonyl (C=O) groups excluding carboxylic acids is 1. The Hall–Kier alpha value is -2.06. The van der Waals surface area contributed by atoms with Crippen molar-refractivity contribution in [3.63, 3.8) is 0 Å². The second-order valence-electron chi connectivity index (χ2n) is 5.34. The lowest BCUT2D eigenvalue weighted by atomic mass is 9.98. The Morgan fingerprint density at radius 1 is 1.43 bits per heavy atom. The molecule has 1 fully saturated rings. The number of rotatable bonds is 5. The Morgan fingerprint density at radius 3 is 3.00 bits per heavy atom. The average molecular weight is 287 g/mol. The molecule has 1 amide bonds. The normalized spacial score (nSPS) is 18.7. The third-order valence-electron chi connectivity index (χ3n) is 3.65. The predicted octanol–water partition coefficient (Wildman–Crippen LogP) is 2.15. The van der Waals surface area contributed by atoms with Gasteiger partial charge in [-0.2, -0.15) is 5.26 Å². The van der Waals surface area contributed by atoms with E-state index in [1.165, 1.54) is 0 Å². The van der Waals surface area contributed by atoms with Crippen LogP contribution in [0.1, 0.15) is 18.4 Å². The molecule has 1 atom stereocenters. The van der Waals surface area contributed by atoms with Crippen LogP contribution >= 0.6 is 0 Å². The summed E-state index contributed by atoms with van der Waals surface area (Å²) >= 11 is 0. The van der Waals surface area contributed by atoms with Crippen LogP contribution in [0, 0.1) is 17.2 Å². The van der Waals surface area contributed by atoms with E-state index in [9.17, 15) is 4.79 Å². The number of nitriles is 1. The first-order chi connectivity index (χ1) is 10.3. The van der Waals surface area contributed by atoms with Gasteiger partial charge in [0.1, 0.15) is 6.61 Å². The van der Waals surface area contributed by atoms with Crippen molar-refractivity contribution in [3.8, 4) is 6.07 Å². The first-order valence-electron chi connectivity index (χ1n) is 7.32. The van der Waals surface area contributed by atoms with Crippen molar-refractivity contribution in [2.24, 2.45) is 5.92 Å². The molecule has 0 bridgehead atoms. The van der Waals surface area contributed by atoms with E-state index in [-0.39, 0.29) is 12.7 Å². The first kappa shape index (κ1) is 15.3. The molecule has 1 saturated heterocycles. The molecule has 1 unspecified atom stereocenters. The van der Waals surface area contributed by atoms with Crippen LogP contribution in [0.5, 0.6) is 0 Å². The maximum absolute atomic E-state index is 11.7. The van der Waals surface area contributed by atoms with Crippen LogP contribution in [0.3, 0.4) is 0 Å². The van der Waals surface area contributed by atoms with Gasteiger partial charge in [0.25, 0.3) is 0 Å². The van der Waals surface area contributed by atoms with Gasteiger partial charge in [0.2, 0.25) is 0 Å². The Labute approximate surface area is 125 Å². The summed E-state index contributed by atoms with van der Waals surface area (Å²) in [6, 6.07) is 11.8. The smallest absolute Gasteiger partial charge is 0.407 e. The second-order valence-corrected chi connectivity index (χ2v) is 5.34. The molecular formula is C16H21N3O2. The summed E-state index contributed by atoms with van der Waals surface area (Å²) in [6.45, 7) is 3.21. The third-order valence-corrected chi connectivity index (χ3v) is 3.65. The van der Waals surface area contributed by atoms with E-state index in [1.807, 2.05) is 30.3 Å². The molecule has 5 heteroatoms. The number of hydrogen-bond donors (Lipinski definition) is 1. The summed E-state index contributed by atoms with van der Waals surface area (Å²) in [5.41, 5.74) is 0.977. The number of benzene rings is 1. The van der Waals surface area contributed by atoms with E-state index in [2.05, 4.69) is 16.3 Å². The number of nitrogens with zero attached hydrogens (tertiary/aromatic N) is 2. The summed E-state index contributed by atoms with van der Waals surface area (Å²) in [6.07, 6.45) is 1.78. The fourth-order valence-corrected chi connectivity index (χ4v) is 2.56. The quantitative estimate of drug-likeness (QED) is 0.843. The number of likely N-dealkylation sites (tertiary alicyclic amines) is 1. The number of nitrogens with one attached hydrogen (secondary N) is 1. The molecule has 21 heavy (non-hydrogen) atoms. The Balaban J connectivity index is 1.65. The zero-order valence-corrected chi connectivity index (χ0v) is 12.1. The van der Waals surface area contributed by atoms with E-state index in [0.717, 1.165) is 31.5 Å². The summed E-state index contributed by atoms with van der Waals surface area (Å²) < 4.78 is 5.18. The number of carbonyl (C=O) groups is 1. The van der Waals surface area contributed by atoms with Crippen LogP contribution in [0.25, 0.3) is 0 Å². The van der Waals surface area contributed by atoms with E-state index < -0.39 is 0 Å². The molecule has 0 radical (unpaired) electrons. The monoisotopic (exact) mass is 287 g/mol. The Bertz CT molecular complexity index is 484. The van der Waals surface area contributed by atoms with Crippen molar-refractivity contribution in [1.29, 1.82) is 5.26 Å². The van der Waals surface area contributed by atoms with Crippen LogP contribution in [0.15, 0.2) is 30.3 Å². The fourth-order valence-electron chi connectivity index (χ4n) is 2.56. The second kappa shape index (κ2) is 8.28. The molecule has 1 heterocycles. The molecule has 5 nitrogen and oxygen atoms in total. The van der Waals surface area contributed by atoms with Gasteiger partial charge in [0, 0.05) is 13.1 Å². The molecular weight excluding hydrogens is 266 g/mol. The molecule has 2 rings (SSSR count). The van der Waals surface area contributed by atoms with E-state index >= 15 is 0 Å². The highest BCUT2D eigenvalue weighted by molar-refractivity contribution is 5.67. The van der Waals surface area contributed by atoms with Crippen LogP contribution in [-0.2, 0) is 11.3 Å². The van der Waals surface area contributed by atoms with Crippen LogP contribution in [0.2, 0.25) is 0 Å². The molecule has 1 N–H and O–H groups in total. The van der Waals surface area contributed by atoms with Crippen molar-refractivity contribution in [2.45, 2.75) is 19.4 Å². The summed E-state index contributed by atoms with van der Waals surface area (Å²) in [7, 11) is 0. The van der Waals surface area contributed by atoms with E-state index in [0.29, 0.717) is 19.0 Å². The highest BCUT2D eigenvalue weighted by Crippen LogP contribution is 2.15. The lowest BCUT2D eigenvalue weighted by molar-refractivity contribution is 0.132. The lowest BCUT2D eigenvalue weighted by Crippen LogP contribution is -2.41. The van der Waals surface area contributed by atoms with Gasteiger partial charge in [-0.25, -0.2) is 4.79 Å². The van der Waals surface area contributed by atoms with Crippen molar-refractivity contribution in [3.05, 3.63) is 35.9 Å². The highest BCUT2D eigenvalue weighted by atomic mass is 16.5. The van der Waals surface area contributed by atoms with Gasteiger partial charge in [-0.1, -0.05) is 30.3 Å². The van der Waals surface area contributed by atoms with E-state index in [4.69, 9.17) is 10.00 Å². The predicted molar refractivity (Wildman–Crippen MR) is 79.4 cm³/mol. The van der Waals surface area contributed by atoms with Gasteiger partial charge >= 0.3 is 6.09 Å². The molecule has 1 aliphatic rings. The maximum atomic E-state index is 11.7. The molecule has 0 saturated carbocycles. The molecule has 1 aromatic carbocycles. The fraction of sp³-hybridized carbons (Fsp3) is 0.500. The number of ether oxygens (including phenoxy) is 1. The van der Waals surface area contributed by atoms with Crippen LogP contribution in [-0.4, -0.2) is 37.2 Å². The first-order valence-corrected chi connectivity index (χ1v) is 7.32. The molecule has 1 aromatic rings. The highest BCUT2D eigenvalue weighted by Gasteiger charge is 2.20. The summed E-state index contributed by atoms with van der Waals surface area (Å²) in [4.78, 5) is 13.8. The van der Waals surface area contributed by atoms with Crippen molar-refractivity contribution >= 4 is 6.09 Å². The summed E-state index contributed by atoms with van der Waals surface area (Å²) in [5.74, 6) is 0.399. The number of hydrogen-bond acceptors (Lipinski definition) is 4. The van der Waals surface area contributed by atoms with Crippen LogP contribution in [0.4, 0.5) is 4.79 Å². The van der Waals surface area contributed by atoms with Gasteiger partial charge in [-0.15, -0.1) is 0 Å². The topological polar surface area (TPSA) is 65.4 Å². The van der Waals surface area contributed by atoms with Gasteiger partial charge in [0.15, 0.2) is 0 Å². The largest absolute Gasteiger partial charge is 0.445 e. The van der Waals surface area contributed by atoms with Crippen molar-refractivity contribution in [1.82, 2.24) is 10.2 Å². The minimum atomic E-state index is -0.378. The molecule has 0 aliphatic carbocycles. The van der Waals surface area contributed by atoms with Gasteiger partial charge in [0.05, 0.1) is 12.6 Å². The molecule has 0 aromatic heterocycles. The number of alkyl carbamates (subject to hydrolysis) is 1. The van der Waals surface area contributed by atoms with Gasteiger partial charge in [-0.3, -0.25) is 4.90 Å². The van der Waals surface area contributed by atoms with Gasteiger partial charge in [-0.05, 0) is 30.9 Å². The minimum absolute atomic E-state index is 0.290. The third kappa shape index (κ3) is 5.44. The average Bonchev–Trinajstić information content (AvgIpc) is 2.53. The van der Waals surface area contributed by atoms with Gasteiger partial charge < -0.3 is 10.1 Å². The lowest BCUT2D eigenvalue weighted by Gasteiger charge is -2.30. The van der Waals surface area contributed by atoms with Crippen LogP contribution < -0.4 is 5.32 Å². The van der Waals surface area contributed by atoms with E-state index in [1.54, 1.807) is 0 Å². The Kier molecular flexibility index (Phi) is 6.04. The minimum Gasteiger partial charge on any atom is -0.445 e. The molecule has 1 aliphatic heterocycles. The number of amides is 1. The van der Waals surface area contributed by atoms with Crippen molar-refractivity contribution in [2.75, 3.05) is 26.2 Å². The SMILES string of the molecule is N#CCN1CCCC(CNC(=O)OCc2ccccc2)C1. The standard InChI is InChI=1S/C16H21N3O2/c17-8-10-19-9-4-7-15(12-19)11-18-16(20)21-13-14-5-2-1-3-6-14/h1-3,5-6,15H,4,7,9-13H2,(H,18,20).